The van der Waals surface area contributed by atoms with Crippen LogP contribution in [-0.4, -0.2) is 51.5 Å². The number of nitrogens with zero attached hydrogens (tertiary/aromatic N) is 2. The first-order valence-corrected chi connectivity index (χ1v) is 10.9. The summed E-state index contributed by atoms with van der Waals surface area (Å²) >= 11 is 0. The Morgan fingerprint density at radius 3 is 2.44 bits per heavy atom. The zero-order valence-corrected chi connectivity index (χ0v) is 18.4. The first kappa shape index (κ1) is 23.2. The van der Waals surface area contributed by atoms with Gasteiger partial charge in [-0.05, 0) is 36.5 Å². The molecule has 1 aliphatic rings. The molecular formula is C24H30N4O4. The van der Waals surface area contributed by atoms with Crippen LogP contribution in [0.2, 0.25) is 0 Å². The molecule has 3 atom stereocenters. The van der Waals surface area contributed by atoms with Crippen molar-refractivity contribution in [1.82, 2.24) is 20.5 Å². The lowest BCUT2D eigenvalue weighted by molar-refractivity contribution is -0.141. The van der Waals surface area contributed by atoms with E-state index in [4.69, 9.17) is 5.11 Å². The number of hydrogen-bond acceptors (Lipinski definition) is 4. The van der Waals surface area contributed by atoms with E-state index in [0.717, 1.165) is 11.3 Å². The quantitative estimate of drug-likeness (QED) is 0.587. The highest BCUT2D eigenvalue weighted by atomic mass is 16.4. The van der Waals surface area contributed by atoms with Crippen LogP contribution in [0.15, 0.2) is 54.7 Å². The van der Waals surface area contributed by atoms with Gasteiger partial charge in [0.2, 0.25) is 11.8 Å². The van der Waals surface area contributed by atoms with Crippen molar-refractivity contribution in [2.24, 2.45) is 5.92 Å². The summed E-state index contributed by atoms with van der Waals surface area (Å²) in [6, 6.07) is 13.5. The monoisotopic (exact) mass is 438 g/mol. The van der Waals surface area contributed by atoms with Crippen LogP contribution >= 0.6 is 0 Å². The Balaban J connectivity index is 1.77. The molecule has 1 saturated heterocycles. The highest BCUT2D eigenvalue weighted by Gasteiger charge is 2.39. The summed E-state index contributed by atoms with van der Waals surface area (Å²) in [4.78, 5) is 43.4. The van der Waals surface area contributed by atoms with E-state index in [1.807, 2.05) is 48.5 Å². The predicted molar refractivity (Wildman–Crippen MR) is 120 cm³/mol. The maximum Gasteiger partial charge on any atom is 0.405 e. The zero-order valence-electron chi connectivity index (χ0n) is 18.4. The number of amides is 3. The van der Waals surface area contributed by atoms with Gasteiger partial charge in [-0.3, -0.25) is 14.6 Å². The van der Waals surface area contributed by atoms with Crippen molar-refractivity contribution in [2.75, 3.05) is 6.54 Å². The first-order valence-electron chi connectivity index (χ1n) is 10.9. The number of likely N-dealkylation sites (tertiary alicyclic amines) is 1. The summed E-state index contributed by atoms with van der Waals surface area (Å²) in [5.74, 6) is -0.830. The third-order valence-electron chi connectivity index (χ3n) is 5.71. The van der Waals surface area contributed by atoms with Crippen molar-refractivity contribution in [3.05, 3.63) is 66.0 Å². The summed E-state index contributed by atoms with van der Waals surface area (Å²) in [6.45, 7) is 3.99. The Kier molecular flexibility index (Phi) is 7.81. The molecule has 3 amide bonds. The molecule has 3 rings (SSSR count). The van der Waals surface area contributed by atoms with Crippen molar-refractivity contribution in [3.63, 3.8) is 0 Å². The van der Waals surface area contributed by atoms with Crippen LogP contribution in [0, 0.1) is 5.92 Å². The SMILES string of the molecule is CC(C)C(NC(=O)O)C(=O)N1CCC[C@H]1C(=O)NC(Cc1ccccn1)c1ccccc1. The minimum absolute atomic E-state index is 0.232. The average molecular weight is 439 g/mol. The minimum atomic E-state index is -1.25. The number of carbonyl (C=O) groups is 3. The molecule has 1 aromatic heterocycles. The second kappa shape index (κ2) is 10.7. The summed E-state index contributed by atoms with van der Waals surface area (Å²) in [5, 5.41) is 14.5. The van der Waals surface area contributed by atoms with Gasteiger partial charge in [-0.15, -0.1) is 0 Å². The fraction of sp³-hybridized carbons (Fsp3) is 0.417. The lowest BCUT2D eigenvalue weighted by Gasteiger charge is -2.31. The van der Waals surface area contributed by atoms with Crippen LogP contribution in [0.5, 0.6) is 0 Å². The molecule has 2 heterocycles. The number of carbonyl (C=O) groups excluding carboxylic acids is 2. The first-order chi connectivity index (χ1) is 15.4. The van der Waals surface area contributed by atoms with Gasteiger partial charge < -0.3 is 20.6 Å². The fourth-order valence-electron chi connectivity index (χ4n) is 4.06. The lowest BCUT2D eigenvalue weighted by atomic mass is 10.00. The van der Waals surface area contributed by atoms with Gasteiger partial charge in [0.25, 0.3) is 0 Å². The fourth-order valence-corrected chi connectivity index (χ4v) is 4.06. The van der Waals surface area contributed by atoms with Gasteiger partial charge in [-0.25, -0.2) is 4.79 Å². The Morgan fingerprint density at radius 1 is 1.09 bits per heavy atom. The van der Waals surface area contributed by atoms with Crippen molar-refractivity contribution in [1.29, 1.82) is 0 Å². The molecule has 2 aromatic rings. The lowest BCUT2D eigenvalue weighted by Crippen LogP contribution is -2.55. The molecule has 3 N–H and O–H groups in total. The summed E-state index contributed by atoms with van der Waals surface area (Å²) in [7, 11) is 0. The second-order valence-corrected chi connectivity index (χ2v) is 8.36. The Labute approximate surface area is 188 Å². The zero-order chi connectivity index (χ0) is 23.1. The summed E-state index contributed by atoms with van der Waals surface area (Å²) < 4.78 is 0. The van der Waals surface area contributed by atoms with Crippen LogP contribution in [-0.2, 0) is 16.0 Å². The van der Waals surface area contributed by atoms with Crippen LogP contribution in [0.3, 0.4) is 0 Å². The summed E-state index contributed by atoms with van der Waals surface area (Å²) in [5.41, 5.74) is 1.81. The molecule has 0 saturated carbocycles. The topological polar surface area (TPSA) is 112 Å². The Hall–Kier alpha value is -3.42. The van der Waals surface area contributed by atoms with Crippen LogP contribution in [0.4, 0.5) is 4.79 Å². The van der Waals surface area contributed by atoms with E-state index in [2.05, 4.69) is 15.6 Å². The molecule has 170 valence electrons. The number of nitrogens with one attached hydrogen (secondary N) is 2. The van der Waals surface area contributed by atoms with Crippen LogP contribution in [0.25, 0.3) is 0 Å². The maximum absolute atomic E-state index is 13.3. The third kappa shape index (κ3) is 5.84. The minimum Gasteiger partial charge on any atom is -0.465 e. The van der Waals surface area contributed by atoms with Crippen LogP contribution < -0.4 is 10.6 Å². The van der Waals surface area contributed by atoms with Gasteiger partial charge in [-0.2, -0.15) is 0 Å². The van der Waals surface area contributed by atoms with E-state index in [1.54, 1.807) is 20.0 Å². The molecule has 1 aliphatic heterocycles. The molecule has 8 nitrogen and oxygen atoms in total. The molecule has 1 fully saturated rings. The van der Waals surface area contributed by atoms with Crippen molar-refractivity contribution < 1.29 is 19.5 Å². The highest BCUT2D eigenvalue weighted by Crippen LogP contribution is 2.23. The highest BCUT2D eigenvalue weighted by molar-refractivity contribution is 5.92. The van der Waals surface area contributed by atoms with Gasteiger partial charge in [0.15, 0.2) is 0 Å². The van der Waals surface area contributed by atoms with Gasteiger partial charge >= 0.3 is 6.09 Å². The molecule has 32 heavy (non-hydrogen) atoms. The van der Waals surface area contributed by atoms with E-state index >= 15 is 0 Å². The Bertz CT molecular complexity index is 920. The van der Waals surface area contributed by atoms with E-state index < -0.39 is 18.2 Å². The second-order valence-electron chi connectivity index (χ2n) is 8.36. The maximum atomic E-state index is 13.3. The van der Waals surface area contributed by atoms with Gasteiger partial charge in [0, 0.05) is 24.9 Å². The van der Waals surface area contributed by atoms with E-state index in [9.17, 15) is 14.4 Å². The van der Waals surface area contributed by atoms with Gasteiger partial charge in [0.05, 0.1) is 6.04 Å². The number of carboxylic acid groups (broad SMARTS) is 1. The standard InChI is InChI=1S/C24H30N4O4/c1-16(2)21(27-24(31)32)23(30)28-14-8-12-20(28)22(29)26-19(17-9-4-3-5-10-17)15-18-11-6-7-13-25-18/h3-7,9-11,13,16,19-21,27H,8,12,14-15H2,1-2H3,(H,26,29)(H,31,32)/t19?,20-,21?/m0/s1. The number of pyridine rings is 1. The largest absolute Gasteiger partial charge is 0.465 e. The van der Waals surface area contributed by atoms with Crippen molar-refractivity contribution >= 4 is 17.9 Å². The van der Waals surface area contributed by atoms with E-state index in [-0.39, 0.29) is 23.8 Å². The van der Waals surface area contributed by atoms with Gasteiger partial charge in [0.1, 0.15) is 12.1 Å². The molecule has 8 heteroatoms. The molecule has 0 radical (unpaired) electrons. The molecule has 0 aliphatic carbocycles. The number of rotatable bonds is 8. The molecule has 1 aromatic carbocycles. The summed E-state index contributed by atoms with van der Waals surface area (Å²) in [6.07, 6.45) is 2.22. The predicted octanol–water partition coefficient (Wildman–Crippen LogP) is 2.76. The van der Waals surface area contributed by atoms with E-state index in [1.165, 1.54) is 4.90 Å². The van der Waals surface area contributed by atoms with Crippen molar-refractivity contribution in [2.45, 2.75) is 51.2 Å². The van der Waals surface area contributed by atoms with E-state index in [0.29, 0.717) is 25.8 Å². The molecule has 2 unspecified atom stereocenters. The third-order valence-corrected chi connectivity index (χ3v) is 5.71. The number of hydrogen-bond donors (Lipinski definition) is 3. The Morgan fingerprint density at radius 2 is 1.81 bits per heavy atom. The molecule has 0 bridgehead atoms. The normalized spacial score (nSPS) is 17.6. The van der Waals surface area contributed by atoms with Crippen molar-refractivity contribution in [3.8, 4) is 0 Å². The van der Waals surface area contributed by atoms with Gasteiger partial charge in [-0.1, -0.05) is 50.2 Å². The molecule has 0 spiro atoms. The number of aromatic nitrogens is 1. The average Bonchev–Trinajstić information content (AvgIpc) is 3.28. The smallest absolute Gasteiger partial charge is 0.405 e. The molecular weight excluding hydrogens is 408 g/mol. The number of benzene rings is 1. The van der Waals surface area contributed by atoms with Crippen LogP contribution in [0.1, 0.15) is 44.0 Å².